The first-order valence-electron chi connectivity index (χ1n) is 12.1. The monoisotopic (exact) mass is 567 g/mol. The lowest BCUT2D eigenvalue weighted by atomic mass is 9.54. The number of hydrogen-bond acceptors (Lipinski definition) is 5. The average Bonchev–Trinajstić information content (AvgIpc) is 3.19. The van der Waals surface area contributed by atoms with E-state index in [2.05, 4.69) is 0 Å². The predicted molar refractivity (Wildman–Crippen MR) is 141 cm³/mol. The quantitative estimate of drug-likeness (QED) is 0.180. The van der Waals surface area contributed by atoms with E-state index in [9.17, 15) is 19.2 Å². The summed E-state index contributed by atoms with van der Waals surface area (Å²) >= 11 is 20.6. The van der Waals surface area contributed by atoms with Crippen LogP contribution in [0.5, 0.6) is 0 Å². The lowest BCUT2D eigenvalue weighted by molar-refractivity contribution is -0.145. The molecule has 1 saturated heterocycles. The summed E-state index contributed by atoms with van der Waals surface area (Å²) in [5.74, 6) is -3.92. The molecule has 1 fully saturated rings. The summed E-state index contributed by atoms with van der Waals surface area (Å²) < 4.78 is 5.11. The molecule has 3 aromatic carbocycles. The predicted octanol–water partition coefficient (Wildman–Crippen LogP) is 5.05. The number of ether oxygens (including phenoxy) is 1. The van der Waals surface area contributed by atoms with Crippen molar-refractivity contribution in [1.82, 2.24) is 4.90 Å². The molecule has 0 radical (unpaired) electrons. The third-order valence-electron chi connectivity index (χ3n) is 7.75. The number of hydrogen-bond donors (Lipinski definition) is 0. The Labute approximate surface area is 233 Å². The van der Waals surface area contributed by atoms with Gasteiger partial charge in [0.15, 0.2) is 12.4 Å². The van der Waals surface area contributed by atoms with Crippen molar-refractivity contribution in [2.75, 3.05) is 13.2 Å². The first-order chi connectivity index (χ1) is 18.2. The van der Waals surface area contributed by atoms with E-state index in [0.29, 0.717) is 32.8 Å². The third-order valence-corrected chi connectivity index (χ3v) is 9.28. The van der Waals surface area contributed by atoms with E-state index in [1.165, 1.54) is 12.1 Å². The molecule has 2 amide bonds. The number of Topliss-reactive ketones (excluding diaryl/α,β-unsaturated/α-hetero) is 1. The van der Waals surface area contributed by atoms with Gasteiger partial charge in [0, 0.05) is 17.1 Å². The van der Waals surface area contributed by atoms with Gasteiger partial charge in [0.1, 0.15) is 9.75 Å². The van der Waals surface area contributed by atoms with Gasteiger partial charge in [-0.1, -0.05) is 60.1 Å². The number of benzene rings is 3. The number of halogens is 3. The Morgan fingerprint density at radius 2 is 1.21 bits per heavy atom. The first-order valence-corrected chi connectivity index (χ1v) is 13.2. The molecule has 192 valence electrons. The molecular weight excluding hydrogens is 549 g/mol. The minimum absolute atomic E-state index is 0.203. The second kappa shape index (κ2) is 8.94. The first kappa shape index (κ1) is 25.1. The highest BCUT2D eigenvalue weighted by Gasteiger charge is 2.72. The van der Waals surface area contributed by atoms with Crippen LogP contribution < -0.4 is 0 Å². The summed E-state index contributed by atoms with van der Waals surface area (Å²) in [4.78, 5) is 50.7. The van der Waals surface area contributed by atoms with E-state index >= 15 is 0 Å². The lowest BCUT2D eigenvalue weighted by Crippen LogP contribution is -2.57. The molecule has 0 N–H and O–H groups in total. The molecule has 1 aliphatic heterocycles. The molecule has 0 unspecified atom stereocenters. The molecule has 1 heterocycles. The second-order valence-corrected chi connectivity index (χ2v) is 11.3. The number of alkyl halides is 2. The van der Waals surface area contributed by atoms with Gasteiger partial charge in [0.05, 0.1) is 18.3 Å². The van der Waals surface area contributed by atoms with Gasteiger partial charge in [0.2, 0.25) is 11.8 Å². The average molecular weight is 569 g/mol. The number of imide groups is 1. The van der Waals surface area contributed by atoms with Crippen molar-refractivity contribution in [3.05, 3.63) is 106 Å². The molecular formula is C29H20Cl3NO5. The van der Waals surface area contributed by atoms with Gasteiger partial charge in [-0.2, -0.15) is 0 Å². The maximum Gasteiger partial charge on any atom is 0.308 e. The molecule has 6 nitrogen and oxygen atoms in total. The van der Waals surface area contributed by atoms with Gasteiger partial charge in [-0.15, -0.1) is 23.2 Å². The molecule has 3 aromatic rings. The number of amides is 2. The lowest BCUT2D eigenvalue weighted by Gasteiger charge is -2.54. The molecule has 0 aromatic heterocycles. The number of carbonyl (C=O) groups is 4. The summed E-state index contributed by atoms with van der Waals surface area (Å²) in [5.41, 5.74) is 3.18. The van der Waals surface area contributed by atoms with Gasteiger partial charge < -0.3 is 4.74 Å². The molecule has 3 aliphatic carbocycles. The largest absolute Gasteiger partial charge is 0.457 e. The fourth-order valence-corrected chi connectivity index (χ4v) is 7.31. The highest BCUT2D eigenvalue weighted by Crippen LogP contribution is 2.69. The van der Waals surface area contributed by atoms with Crippen molar-refractivity contribution in [3.8, 4) is 0 Å². The topological polar surface area (TPSA) is 80.8 Å². The Hall–Kier alpha value is -3.19. The van der Waals surface area contributed by atoms with Crippen molar-refractivity contribution in [3.63, 3.8) is 0 Å². The van der Waals surface area contributed by atoms with Crippen LogP contribution in [0.4, 0.5) is 0 Å². The van der Waals surface area contributed by atoms with Crippen LogP contribution in [0.1, 0.15) is 39.0 Å². The van der Waals surface area contributed by atoms with Crippen molar-refractivity contribution in [2.24, 2.45) is 11.8 Å². The van der Waals surface area contributed by atoms with Crippen LogP contribution in [-0.4, -0.2) is 41.6 Å². The van der Waals surface area contributed by atoms with Crippen LogP contribution >= 0.6 is 34.8 Å². The van der Waals surface area contributed by atoms with E-state index in [-0.39, 0.29) is 13.0 Å². The normalized spacial score (nSPS) is 26.6. The molecule has 38 heavy (non-hydrogen) atoms. The SMILES string of the molecule is O=C(CCN1C(=O)[C@@H]2[C@H](C1=O)C1(Cl)c3ccccc3C2(Cl)c2ccccc21)OCC(=O)c1ccc(Cl)cc1. The van der Waals surface area contributed by atoms with E-state index in [4.69, 9.17) is 39.5 Å². The summed E-state index contributed by atoms with van der Waals surface area (Å²) in [6.07, 6.45) is -0.269. The number of ketones is 1. The van der Waals surface area contributed by atoms with Crippen LogP contribution in [0, 0.1) is 11.8 Å². The zero-order valence-electron chi connectivity index (χ0n) is 19.8. The maximum atomic E-state index is 13.7. The summed E-state index contributed by atoms with van der Waals surface area (Å²) in [6, 6.07) is 20.9. The van der Waals surface area contributed by atoms with Gasteiger partial charge in [-0.25, -0.2) is 0 Å². The van der Waals surface area contributed by atoms with E-state index in [1.807, 2.05) is 48.5 Å². The minimum atomic E-state index is -1.28. The highest BCUT2D eigenvalue weighted by atomic mass is 35.5. The Morgan fingerprint density at radius 1 is 0.763 bits per heavy atom. The molecule has 9 heteroatoms. The number of likely N-dealkylation sites (tertiary alicyclic amines) is 1. The number of carbonyl (C=O) groups excluding carboxylic acids is 4. The third kappa shape index (κ3) is 3.40. The number of esters is 1. The number of rotatable bonds is 6. The summed E-state index contributed by atoms with van der Waals surface area (Å²) in [5, 5.41) is 0.483. The fourth-order valence-electron chi connectivity index (χ4n) is 6.09. The molecule has 0 saturated carbocycles. The molecule has 4 aliphatic rings. The van der Waals surface area contributed by atoms with Gasteiger partial charge >= 0.3 is 5.97 Å². The summed E-state index contributed by atoms with van der Waals surface area (Å²) in [7, 11) is 0. The van der Waals surface area contributed by atoms with Crippen LogP contribution in [0.2, 0.25) is 5.02 Å². The van der Waals surface area contributed by atoms with Crippen molar-refractivity contribution in [1.29, 1.82) is 0 Å². The van der Waals surface area contributed by atoms with Crippen LogP contribution in [0.25, 0.3) is 0 Å². The van der Waals surface area contributed by atoms with Gasteiger partial charge in [0.25, 0.3) is 0 Å². The van der Waals surface area contributed by atoms with Crippen molar-refractivity contribution < 1.29 is 23.9 Å². The fraction of sp³-hybridized carbons (Fsp3) is 0.241. The van der Waals surface area contributed by atoms with E-state index in [0.717, 1.165) is 4.90 Å². The van der Waals surface area contributed by atoms with Crippen LogP contribution in [0.3, 0.4) is 0 Å². The van der Waals surface area contributed by atoms with Crippen molar-refractivity contribution in [2.45, 2.75) is 16.2 Å². The van der Waals surface area contributed by atoms with E-state index < -0.39 is 51.8 Å². The Balaban J connectivity index is 1.23. The minimum Gasteiger partial charge on any atom is -0.457 e. The number of nitrogens with zero attached hydrogens (tertiary/aromatic N) is 1. The maximum absolute atomic E-state index is 13.7. The molecule has 2 atom stereocenters. The highest BCUT2D eigenvalue weighted by molar-refractivity contribution is 6.36. The van der Waals surface area contributed by atoms with Crippen molar-refractivity contribution >= 4 is 58.4 Å². The van der Waals surface area contributed by atoms with E-state index in [1.54, 1.807) is 12.1 Å². The Kier molecular flexibility index (Phi) is 5.91. The second-order valence-electron chi connectivity index (χ2n) is 9.64. The van der Waals surface area contributed by atoms with Gasteiger partial charge in [-0.05, 0) is 46.5 Å². The smallest absolute Gasteiger partial charge is 0.308 e. The zero-order chi connectivity index (χ0) is 26.8. The zero-order valence-corrected chi connectivity index (χ0v) is 22.1. The molecule has 7 rings (SSSR count). The van der Waals surface area contributed by atoms with Crippen LogP contribution in [0.15, 0.2) is 72.8 Å². The molecule has 2 bridgehead atoms. The standard InChI is InChI=1S/C29H20Cl3NO5/c30-17-11-9-16(10-12-17)22(34)15-38-23(35)13-14-33-26(36)24-25(27(33)37)29(32)19-6-2-1-5-18(19)28(24,31)20-7-3-4-8-21(20)29/h1-12,24-25H,13-15H2/t24-,25+,28?,29?. The Bertz CT molecular complexity index is 1400. The summed E-state index contributed by atoms with van der Waals surface area (Å²) in [6.45, 7) is -0.668. The Morgan fingerprint density at radius 3 is 1.66 bits per heavy atom. The van der Waals surface area contributed by atoms with Gasteiger partial charge in [-0.3, -0.25) is 24.1 Å². The molecule has 0 spiro atoms. The van der Waals surface area contributed by atoms with Crippen LogP contribution in [-0.2, 0) is 28.9 Å².